The molecule has 0 atom stereocenters. The van der Waals surface area contributed by atoms with Crippen LogP contribution >= 0.6 is 0 Å². The lowest BCUT2D eigenvalue weighted by atomic mass is 10.2. The van der Waals surface area contributed by atoms with E-state index < -0.39 is 0 Å². The first-order valence-electron chi connectivity index (χ1n) is 9.31. The molecule has 26 heavy (non-hydrogen) atoms. The van der Waals surface area contributed by atoms with Crippen LogP contribution in [0.3, 0.4) is 0 Å². The van der Waals surface area contributed by atoms with E-state index >= 15 is 0 Å². The van der Waals surface area contributed by atoms with Crippen molar-refractivity contribution < 1.29 is 4.74 Å². The predicted octanol–water partition coefficient (Wildman–Crippen LogP) is 2.17. The maximum atomic E-state index is 5.73. The number of benzene rings is 1. The summed E-state index contributed by atoms with van der Waals surface area (Å²) in [6.07, 6.45) is 3.53. The first-order valence-corrected chi connectivity index (χ1v) is 9.31. The third-order valence-corrected chi connectivity index (χ3v) is 3.86. The molecule has 0 amide bonds. The van der Waals surface area contributed by atoms with Crippen molar-refractivity contribution in [1.29, 1.82) is 0 Å². The highest BCUT2D eigenvalue weighted by Crippen LogP contribution is 2.11. The van der Waals surface area contributed by atoms with Gasteiger partial charge in [0.1, 0.15) is 17.9 Å². The Kier molecular flexibility index (Phi) is 8.45. The fourth-order valence-electron chi connectivity index (χ4n) is 2.46. The van der Waals surface area contributed by atoms with Gasteiger partial charge in [0.2, 0.25) is 0 Å². The van der Waals surface area contributed by atoms with Crippen molar-refractivity contribution in [3.05, 3.63) is 42.0 Å². The fourth-order valence-corrected chi connectivity index (χ4v) is 2.46. The quantitative estimate of drug-likeness (QED) is 0.387. The van der Waals surface area contributed by atoms with Crippen molar-refractivity contribution in [2.75, 3.05) is 26.2 Å². The van der Waals surface area contributed by atoms with E-state index in [0.29, 0.717) is 13.2 Å². The molecule has 0 unspecified atom stereocenters. The Morgan fingerprint density at radius 1 is 1.19 bits per heavy atom. The van der Waals surface area contributed by atoms with Gasteiger partial charge in [-0.15, -0.1) is 10.2 Å². The molecule has 0 aliphatic heterocycles. The van der Waals surface area contributed by atoms with Gasteiger partial charge in [0.15, 0.2) is 5.96 Å². The molecule has 0 radical (unpaired) electrons. The van der Waals surface area contributed by atoms with E-state index in [-0.39, 0.29) is 0 Å². The summed E-state index contributed by atoms with van der Waals surface area (Å²) >= 11 is 0. The number of hydrogen-bond donors (Lipinski definition) is 2. The molecule has 2 N–H and O–H groups in total. The minimum absolute atomic E-state index is 0.659. The van der Waals surface area contributed by atoms with Gasteiger partial charge >= 0.3 is 0 Å². The zero-order chi connectivity index (χ0) is 18.6. The van der Waals surface area contributed by atoms with E-state index in [2.05, 4.69) is 63.3 Å². The van der Waals surface area contributed by atoms with Gasteiger partial charge in [0, 0.05) is 39.0 Å². The van der Waals surface area contributed by atoms with Crippen LogP contribution in [0.2, 0.25) is 0 Å². The van der Waals surface area contributed by atoms with Crippen LogP contribution in [0.15, 0.2) is 35.6 Å². The predicted molar refractivity (Wildman–Crippen MR) is 105 cm³/mol. The van der Waals surface area contributed by atoms with Crippen molar-refractivity contribution in [2.24, 2.45) is 4.99 Å². The lowest BCUT2D eigenvalue weighted by Crippen LogP contribution is -2.39. The molecule has 0 saturated carbocycles. The number of aromatic nitrogens is 3. The number of nitrogens with zero attached hydrogens (tertiary/aromatic N) is 4. The number of nitrogens with one attached hydrogen (secondary N) is 2. The minimum Gasteiger partial charge on any atom is -0.494 e. The first-order chi connectivity index (χ1) is 12.7. The molecule has 2 aromatic rings. The molecular weight excluding hydrogens is 328 g/mol. The maximum absolute atomic E-state index is 5.73. The average molecular weight is 358 g/mol. The van der Waals surface area contributed by atoms with Crippen LogP contribution in [0.1, 0.15) is 31.7 Å². The van der Waals surface area contributed by atoms with Crippen LogP contribution in [0.25, 0.3) is 0 Å². The second kappa shape index (κ2) is 11.1. The number of hydrogen-bond acceptors (Lipinski definition) is 4. The molecule has 0 aliphatic rings. The summed E-state index contributed by atoms with van der Waals surface area (Å²) in [5.41, 5.74) is 1.24. The summed E-state index contributed by atoms with van der Waals surface area (Å²) < 4.78 is 7.79. The van der Waals surface area contributed by atoms with Crippen molar-refractivity contribution in [3.8, 4) is 5.75 Å². The van der Waals surface area contributed by atoms with Gasteiger partial charge in [-0.3, -0.25) is 4.99 Å². The lowest BCUT2D eigenvalue weighted by molar-refractivity contribution is 0.313. The second-order valence-electron chi connectivity index (χ2n) is 6.00. The minimum atomic E-state index is 0.659. The number of aliphatic imine (C=N–C) groups is 1. The smallest absolute Gasteiger partial charge is 0.191 e. The van der Waals surface area contributed by atoms with Gasteiger partial charge in [-0.05, 0) is 26.0 Å². The van der Waals surface area contributed by atoms with E-state index in [4.69, 9.17) is 4.74 Å². The summed E-state index contributed by atoms with van der Waals surface area (Å²) in [6.45, 7) is 10.0. The van der Waals surface area contributed by atoms with E-state index in [1.54, 1.807) is 6.33 Å². The van der Waals surface area contributed by atoms with Crippen LogP contribution < -0.4 is 15.4 Å². The third kappa shape index (κ3) is 6.74. The summed E-state index contributed by atoms with van der Waals surface area (Å²) in [7, 11) is 0. The van der Waals surface area contributed by atoms with E-state index in [9.17, 15) is 0 Å². The van der Waals surface area contributed by atoms with Crippen LogP contribution in [0, 0.1) is 6.92 Å². The first kappa shape index (κ1) is 19.8. The Labute approximate surface area is 155 Å². The number of ether oxygens (including phenoxy) is 1. The van der Waals surface area contributed by atoms with Gasteiger partial charge in [0.25, 0.3) is 0 Å². The number of aryl methyl sites for hydroxylation is 2. The summed E-state index contributed by atoms with van der Waals surface area (Å²) in [6, 6.07) is 8.11. The zero-order valence-corrected chi connectivity index (χ0v) is 16.0. The summed E-state index contributed by atoms with van der Waals surface area (Å²) in [5, 5.41) is 14.7. The van der Waals surface area contributed by atoms with E-state index in [1.165, 1.54) is 5.56 Å². The van der Waals surface area contributed by atoms with Gasteiger partial charge < -0.3 is 19.9 Å². The standard InChI is InChI=1S/C19H30N6O/c1-4-18-24-23-15-25(18)13-12-22-19(20-5-2)21-11-6-14-26-17-9-7-16(3)8-10-17/h7-10,15H,4-6,11-14H2,1-3H3,(H2,20,21,22). The van der Waals surface area contributed by atoms with E-state index in [0.717, 1.165) is 50.0 Å². The molecule has 0 aliphatic carbocycles. The van der Waals surface area contributed by atoms with E-state index in [1.807, 2.05) is 12.1 Å². The van der Waals surface area contributed by atoms with Gasteiger partial charge in [0.05, 0.1) is 6.61 Å². The van der Waals surface area contributed by atoms with Crippen molar-refractivity contribution in [3.63, 3.8) is 0 Å². The Balaban J connectivity index is 1.69. The normalized spacial score (nSPS) is 11.4. The van der Waals surface area contributed by atoms with Gasteiger partial charge in [-0.2, -0.15) is 0 Å². The molecule has 1 heterocycles. The van der Waals surface area contributed by atoms with Crippen LogP contribution in [0.4, 0.5) is 0 Å². The van der Waals surface area contributed by atoms with Crippen molar-refractivity contribution in [2.45, 2.75) is 40.2 Å². The number of guanidine groups is 1. The molecule has 142 valence electrons. The molecule has 0 bridgehead atoms. The monoisotopic (exact) mass is 358 g/mol. The second-order valence-corrected chi connectivity index (χ2v) is 6.00. The van der Waals surface area contributed by atoms with Crippen LogP contribution in [-0.2, 0) is 13.0 Å². The highest BCUT2D eigenvalue weighted by atomic mass is 16.5. The topological polar surface area (TPSA) is 76.4 Å². The summed E-state index contributed by atoms with van der Waals surface area (Å²) in [4.78, 5) is 4.59. The highest BCUT2D eigenvalue weighted by molar-refractivity contribution is 5.79. The Morgan fingerprint density at radius 3 is 2.73 bits per heavy atom. The lowest BCUT2D eigenvalue weighted by Gasteiger charge is -2.12. The highest BCUT2D eigenvalue weighted by Gasteiger charge is 2.02. The van der Waals surface area contributed by atoms with Crippen LogP contribution in [0.5, 0.6) is 5.75 Å². The van der Waals surface area contributed by atoms with Crippen molar-refractivity contribution in [1.82, 2.24) is 25.4 Å². The Bertz CT molecular complexity index is 665. The molecular formula is C19H30N6O. The fraction of sp³-hybridized carbons (Fsp3) is 0.526. The molecule has 0 fully saturated rings. The Morgan fingerprint density at radius 2 is 2.00 bits per heavy atom. The molecule has 2 rings (SSSR count). The van der Waals surface area contributed by atoms with Crippen molar-refractivity contribution >= 4 is 5.96 Å². The SMILES string of the molecule is CCNC(=NCCCOc1ccc(C)cc1)NCCn1cnnc1CC. The summed E-state index contributed by atoms with van der Waals surface area (Å²) in [5.74, 6) is 2.74. The molecule has 0 spiro atoms. The van der Waals surface area contributed by atoms with Gasteiger partial charge in [-0.1, -0.05) is 24.6 Å². The largest absolute Gasteiger partial charge is 0.494 e. The zero-order valence-electron chi connectivity index (χ0n) is 16.0. The third-order valence-electron chi connectivity index (χ3n) is 3.86. The van der Waals surface area contributed by atoms with Crippen LogP contribution in [-0.4, -0.2) is 47.0 Å². The molecule has 7 nitrogen and oxygen atoms in total. The Hall–Kier alpha value is -2.57. The van der Waals surface area contributed by atoms with Gasteiger partial charge in [-0.25, -0.2) is 0 Å². The molecule has 0 saturated heterocycles. The maximum Gasteiger partial charge on any atom is 0.191 e. The molecule has 1 aromatic heterocycles. The molecule has 1 aromatic carbocycles. The molecule has 7 heteroatoms. The average Bonchev–Trinajstić information content (AvgIpc) is 3.10. The number of rotatable bonds is 10.